The lowest BCUT2D eigenvalue weighted by atomic mass is 10.2. The Morgan fingerprint density at radius 2 is 2.15 bits per heavy atom. The first-order chi connectivity index (χ1) is 5.88. The number of halogens is 1. The Hall–Kier alpha value is -0.770. The van der Waals surface area contributed by atoms with Crippen LogP contribution in [-0.2, 0) is 0 Å². The van der Waals surface area contributed by atoms with E-state index in [-0.39, 0.29) is 18.4 Å². The lowest BCUT2D eigenvalue weighted by Crippen LogP contribution is -2.08. The summed E-state index contributed by atoms with van der Waals surface area (Å²) >= 11 is 1.64. The zero-order chi connectivity index (χ0) is 8.39. The first-order valence-corrected chi connectivity index (χ1v) is 4.58. The number of hydrogen-bond donors (Lipinski definition) is 1. The van der Waals surface area contributed by atoms with E-state index in [4.69, 9.17) is 10.2 Å². The SMILES string of the molecule is Cl.N[C@H](c1ccco1)c1cccs1. The van der Waals surface area contributed by atoms with Crippen LogP contribution in [0.4, 0.5) is 0 Å². The molecule has 2 N–H and O–H groups in total. The van der Waals surface area contributed by atoms with Crippen molar-refractivity contribution in [3.63, 3.8) is 0 Å². The summed E-state index contributed by atoms with van der Waals surface area (Å²) in [6, 6.07) is 7.63. The third-order valence-corrected chi connectivity index (χ3v) is 2.65. The number of furan rings is 1. The molecule has 0 radical (unpaired) electrons. The lowest BCUT2D eigenvalue weighted by Gasteiger charge is -2.04. The highest BCUT2D eigenvalue weighted by Crippen LogP contribution is 2.23. The molecule has 13 heavy (non-hydrogen) atoms. The second-order valence-electron chi connectivity index (χ2n) is 2.51. The molecule has 2 rings (SSSR count). The van der Waals surface area contributed by atoms with Crippen LogP contribution >= 0.6 is 23.7 Å². The van der Waals surface area contributed by atoms with Gasteiger partial charge in [0.2, 0.25) is 0 Å². The smallest absolute Gasteiger partial charge is 0.125 e. The van der Waals surface area contributed by atoms with Crippen LogP contribution in [0.1, 0.15) is 16.7 Å². The van der Waals surface area contributed by atoms with E-state index in [1.807, 2.05) is 29.6 Å². The minimum atomic E-state index is -0.111. The first kappa shape index (κ1) is 10.3. The number of thiophene rings is 1. The van der Waals surface area contributed by atoms with Gasteiger partial charge in [-0.1, -0.05) is 6.07 Å². The van der Waals surface area contributed by atoms with Crippen molar-refractivity contribution >= 4 is 23.7 Å². The average Bonchev–Trinajstić information content (AvgIpc) is 2.77. The fraction of sp³-hybridized carbons (Fsp3) is 0.111. The lowest BCUT2D eigenvalue weighted by molar-refractivity contribution is 0.492. The van der Waals surface area contributed by atoms with Gasteiger partial charge in [-0.3, -0.25) is 0 Å². The average molecular weight is 216 g/mol. The van der Waals surface area contributed by atoms with E-state index in [0.717, 1.165) is 10.6 Å². The van der Waals surface area contributed by atoms with Gasteiger partial charge < -0.3 is 10.2 Å². The molecule has 1 atom stereocenters. The Bertz CT molecular complexity index is 296. The zero-order valence-corrected chi connectivity index (χ0v) is 8.48. The molecule has 0 aromatic carbocycles. The fourth-order valence-corrected chi connectivity index (χ4v) is 1.81. The molecule has 0 aliphatic rings. The fourth-order valence-electron chi connectivity index (χ4n) is 1.08. The molecule has 2 aromatic rings. The van der Waals surface area contributed by atoms with Crippen molar-refractivity contribution in [2.24, 2.45) is 5.73 Å². The molecule has 0 spiro atoms. The summed E-state index contributed by atoms with van der Waals surface area (Å²) in [5, 5.41) is 2.01. The standard InChI is InChI=1S/C9H9NOS.ClH/c10-9(7-3-1-5-11-7)8-4-2-6-12-8;/h1-6,9H,10H2;1H/t9-;/m1./s1. The van der Waals surface area contributed by atoms with Crippen molar-refractivity contribution < 1.29 is 4.42 Å². The normalized spacial score (nSPS) is 12.1. The molecular formula is C9H10ClNOS. The predicted molar refractivity (Wildman–Crippen MR) is 56.3 cm³/mol. The van der Waals surface area contributed by atoms with Gasteiger partial charge >= 0.3 is 0 Å². The van der Waals surface area contributed by atoms with Crippen molar-refractivity contribution in [3.05, 3.63) is 46.5 Å². The quantitative estimate of drug-likeness (QED) is 0.837. The second kappa shape index (κ2) is 4.46. The molecule has 2 nitrogen and oxygen atoms in total. The molecule has 2 aromatic heterocycles. The molecule has 0 aliphatic heterocycles. The maximum absolute atomic E-state index is 5.92. The van der Waals surface area contributed by atoms with Crippen LogP contribution in [-0.4, -0.2) is 0 Å². The van der Waals surface area contributed by atoms with Crippen molar-refractivity contribution in [3.8, 4) is 0 Å². The maximum atomic E-state index is 5.92. The molecule has 0 bridgehead atoms. The largest absolute Gasteiger partial charge is 0.467 e. The summed E-state index contributed by atoms with van der Waals surface area (Å²) in [4.78, 5) is 1.13. The van der Waals surface area contributed by atoms with Gasteiger partial charge in [0.25, 0.3) is 0 Å². The highest BCUT2D eigenvalue weighted by molar-refractivity contribution is 7.10. The van der Waals surface area contributed by atoms with Gasteiger partial charge in [0, 0.05) is 4.88 Å². The third-order valence-electron chi connectivity index (χ3n) is 1.70. The molecule has 2 heterocycles. The van der Waals surface area contributed by atoms with Gasteiger partial charge in [-0.05, 0) is 23.6 Å². The summed E-state index contributed by atoms with van der Waals surface area (Å²) in [5.41, 5.74) is 5.92. The summed E-state index contributed by atoms with van der Waals surface area (Å²) in [6.45, 7) is 0. The Morgan fingerprint density at radius 1 is 1.31 bits per heavy atom. The van der Waals surface area contributed by atoms with E-state index in [2.05, 4.69) is 0 Å². The zero-order valence-electron chi connectivity index (χ0n) is 6.84. The Kier molecular flexibility index (Phi) is 3.54. The van der Waals surface area contributed by atoms with Crippen LogP contribution in [0.2, 0.25) is 0 Å². The van der Waals surface area contributed by atoms with Gasteiger partial charge in [0.15, 0.2) is 0 Å². The highest BCUT2D eigenvalue weighted by atomic mass is 35.5. The van der Waals surface area contributed by atoms with Crippen molar-refractivity contribution in [2.75, 3.05) is 0 Å². The van der Waals surface area contributed by atoms with E-state index < -0.39 is 0 Å². The van der Waals surface area contributed by atoms with Gasteiger partial charge in [-0.25, -0.2) is 0 Å². The van der Waals surface area contributed by atoms with Crippen LogP contribution in [0, 0.1) is 0 Å². The van der Waals surface area contributed by atoms with Crippen molar-refractivity contribution in [2.45, 2.75) is 6.04 Å². The van der Waals surface area contributed by atoms with Gasteiger partial charge in [0.05, 0.1) is 12.3 Å². The molecule has 4 heteroatoms. The van der Waals surface area contributed by atoms with Gasteiger partial charge in [0.1, 0.15) is 5.76 Å². The summed E-state index contributed by atoms with van der Waals surface area (Å²) in [6.07, 6.45) is 1.64. The molecule has 70 valence electrons. The second-order valence-corrected chi connectivity index (χ2v) is 3.49. The maximum Gasteiger partial charge on any atom is 0.125 e. The van der Waals surface area contributed by atoms with Crippen LogP contribution in [0.3, 0.4) is 0 Å². The van der Waals surface area contributed by atoms with E-state index in [1.54, 1.807) is 17.6 Å². The molecule has 0 aliphatic carbocycles. The van der Waals surface area contributed by atoms with Crippen molar-refractivity contribution in [1.82, 2.24) is 0 Å². The molecule has 0 saturated heterocycles. The molecular weight excluding hydrogens is 206 g/mol. The number of rotatable bonds is 2. The van der Waals surface area contributed by atoms with E-state index in [1.165, 1.54) is 0 Å². The Morgan fingerprint density at radius 3 is 2.69 bits per heavy atom. The third kappa shape index (κ3) is 2.12. The van der Waals surface area contributed by atoms with Gasteiger partial charge in [-0.2, -0.15) is 0 Å². The summed E-state index contributed by atoms with van der Waals surface area (Å²) < 4.78 is 5.20. The van der Waals surface area contributed by atoms with Crippen LogP contribution in [0.5, 0.6) is 0 Å². The van der Waals surface area contributed by atoms with Crippen molar-refractivity contribution in [1.29, 1.82) is 0 Å². The predicted octanol–water partition coefficient (Wildman–Crippen LogP) is 2.81. The summed E-state index contributed by atoms with van der Waals surface area (Å²) in [5.74, 6) is 0.817. The molecule has 0 amide bonds. The Labute approximate surface area is 86.8 Å². The first-order valence-electron chi connectivity index (χ1n) is 3.70. The minimum absolute atomic E-state index is 0. The van der Waals surface area contributed by atoms with E-state index >= 15 is 0 Å². The minimum Gasteiger partial charge on any atom is -0.467 e. The van der Waals surface area contributed by atoms with Crippen LogP contribution in [0.15, 0.2) is 40.3 Å². The highest BCUT2D eigenvalue weighted by Gasteiger charge is 2.11. The van der Waals surface area contributed by atoms with Crippen LogP contribution < -0.4 is 5.73 Å². The molecule has 0 unspecified atom stereocenters. The number of hydrogen-bond acceptors (Lipinski definition) is 3. The van der Waals surface area contributed by atoms with Crippen LogP contribution in [0.25, 0.3) is 0 Å². The summed E-state index contributed by atoms with van der Waals surface area (Å²) in [7, 11) is 0. The topological polar surface area (TPSA) is 39.2 Å². The monoisotopic (exact) mass is 215 g/mol. The Balaban J connectivity index is 0.000000845. The van der Waals surface area contributed by atoms with Gasteiger partial charge in [-0.15, -0.1) is 23.7 Å². The van der Waals surface area contributed by atoms with E-state index in [0.29, 0.717) is 0 Å². The molecule has 0 saturated carbocycles. The van der Waals surface area contributed by atoms with E-state index in [9.17, 15) is 0 Å². The number of nitrogens with two attached hydrogens (primary N) is 1. The molecule has 0 fully saturated rings.